The minimum absolute atomic E-state index is 0.156. The van der Waals surface area contributed by atoms with Crippen LogP contribution in [0.3, 0.4) is 0 Å². The van der Waals surface area contributed by atoms with Crippen molar-refractivity contribution in [3.05, 3.63) is 0 Å². The molecule has 0 aromatic rings. The smallest absolute Gasteiger partial charge is 0.408 e. The lowest BCUT2D eigenvalue weighted by Gasteiger charge is -2.25. The normalized spacial score (nSPS) is 18.6. The number of rotatable bonds is 6. The number of ketones is 1. The lowest BCUT2D eigenvalue weighted by Crippen LogP contribution is -2.45. The molecule has 4 heteroatoms. The SMILES string of the molecule is CC(C)CC[C@H](NC(=O)OC(C)(C)C)C(=O)C1(C)CC1. The van der Waals surface area contributed by atoms with Crippen LogP contribution in [0.1, 0.15) is 67.2 Å². The summed E-state index contributed by atoms with van der Waals surface area (Å²) in [6.07, 6.45) is 2.97. The average Bonchev–Trinajstić information content (AvgIpc) is 3.00. The Labute approximate surface area is 122 Å². The van der Waals surface area contributed by atoms with Gasteiger partial charge in [-0.2, -0.15) is 0 Å². The summed E-state index contributed by atoms with van der Waals surface area (Å²) in [6, 6.07) is -0.417. The first-order valence-electron chi connectivity index (χ1n) is 7.57. The van der Waals surface area contributed by atoms with Crippen LogP contribution in [-0.2, 0) is 9.53 Å². The fraction of sp³-hybridized carbons (Fsp3) is 0.875. The van der Waals surface area contributed by atoms with E-state index in [9.17, 15) is 9.59 Å². The fourth-order valence-electron chi connectivity index (χ4n) is 2.07. The molecule has 0 saturated heterocycles. The van der Waals surface area contributed by atoms with E-state index < -0.39 is 17.7 Å². The van der Waals surface area contributed by atoms with Crippen molar-refractivity contribution in [2.24, 2.45) is 11.3 Å². The number of carbonyl (C=O) groups excluding carboxylic acids is 2. The van der Waals surface area contributed by atoms with Gasteiger partial charge >= 0.3 is 6.09 Å². The fourth-order valence-corrected chi connectivity index (χ4v) is 2.07. The number of hydrogen-bond donors (Lipinski definition) is 1. The molecular weight excluding hydrogens is 254 g/mol. The van der Waals surface area contributed by atoms with Crippen molar-refractivity contribution in [3.63, 3.8) is 0 Å². The van der Waals surface area contributed by atoms with Gasteiger partial charge in [0.05, 0.1) is 6.04 Å². The Kier molecular flexibility index (Phi) is 5.22. The van der Waals surface area contributed by atoms with Gasteiger partial charge < -0.3 is 10.1 Å². The second kappa shape index (κ2) is 6.15. The molecule has 1 fully saturated rings. The third-order valence-electron chi connectivity index (χ3n) is 3.64. The van der Waals surface area contributed by atoms with Crippen molar-refractivity contribution >= 4 is 11.9 Å². The molecule has 0 aromatic heterocycles. The van der Waals surface area contributed by atoms with Crippen LogP contribution >= 0.6 is 0 Å². The molecule has 20 heavy (non-hydrogen) atoms. The third kappa shape index (κ3) is 5.51. The number of hydrogen-bond acceptors (Lipinski definition) is 3. The molecule has 1 N–H and O–H groups in total. The Morgan fingerprint density at radius 1 is 1.20 bits per heavy atom. The van der Waals surface area contributed by atoms with Gasteiger partial charge in [-0.3, -0.25) is 4.79 Å². The topological polar surface area (TPSA) is 55.4 Å². The van der Waals surface area contributed by atoms with Gasteiger partial charge in [-0.1, -0.05) is 20.8 Å². The molecule has 1 amide bonds. The Morgan fingerprint density at radius 2 is 1.75 bits per heavy atom. The number of Topliss-reactive ketones (excluding diaryl/α,β-unsaturated/α-hetero) is 1. The molecule has 0 radical (unpaired) electrons. The number of ether oxygens (including phenoxy) is 1. The molecule has 0 aromatic carbocycles. The van der Waals surface area contributed by atoms with Gasteiger partial charge in [0.2, 0.25) is 0 Å². The van der Waals surface area contributed by atoms with Gasteiger partial charge in [0, 0.05) is 5.41 Å². The molecule has 116 valence electrons. The number of nitrogens with one attached hydrogen (secondary N) is 1. The summed E-state index contributed by atoms with van der Waals surface area (Å²) in [5, 5.41) is 2.76. The summed E-state index contributed by atoms with van der Waals surface area (Å²) in [7, 11) is 0. The molecule has 1 atom stereocenters. The van der Waals surface area contributed by atoms with Crippen molar-refractivity contribution in [1.29, 1.82) is 0 Å². The summed E-state index contributed by atoms with van der Waals surface area (Å²) >= 11 is 0. The molecule has 1 rings (SSSR count). The van der Waals surface area contributed by atoms with Crippen LogP contribution in [0, 0.1) is 11.3 Å². The summed E-state index contributed by atoms with van der Waals surface area (Å²) in [6.45, 7) is 11.7. The molecule has 1 aliphatic carbocycles. The van der Waals surface area contributed by atoms with Crippen LogP contribution in [0.4, 0.5) is 4.79 Å². The average molecular weight is 283 g/mol. The van der Waals surface area contributed by atoms with E-state index in [1.165, 1.54) is 0 Å². The summed E-state index contributed by atoms with van der Waals surface area (Å²) in [5.41, 5.74) is -0.768. The maximum atomic E-state index is 12.5. The van der Waals surface area contributed by atoms with Crippen LogP contribution in [0.5, 0.6) is 0 Å². The monoisotopic (exact) mass is 283 g/mol. The molecule has 1 saturated carbocycles. The maximum absolute atomic E-state index is 12.5. The number of carbonyl (C=O) groups is 2. The maximum Gasteiger partial charge on any atom is 0.408 e. The Balaban J connectivity index is 2.62. The van der Waals surface area contributed by atoms with Gasteiger partial charge in [-0.15, -0.1) is 0 Å². The summed E-state index contributed by atoms with van der Waals surface area (Å²) in [5.74, 6) is 0.668. The highest BCUT2D eigenvalue weighted by Crippen LogP contribution is 2.46. The highest BCUT2D eigenvalue weighted by atomic mass is 16.6. The first-order chi connectivity index (χ1) is 9.03. The molecule has 0 bridgehead atoms. The van der Waals surface area contributed by atoms with Crippen molar-refractivity contribution in [3.8, 4) is 0 Å². The van der Waals surface area contributed by atoms with E-state index >= 15 is 0 Å². The Morgan fingerprint density at radius 3 is 2.15 bits per heavy atom. The van der Waals surface area contributed by atoms with E-state index in [1.807, 2.05) is 27.7 Å². The molecule has 0 aliphatic heterocycles. The van der Waals surface area contributed by atoms with Crippen molar-refractivity contribution < 1.29 is 14.3 Å². The zero-order valence-corrected chi connectivity index (χ0v) is 13.7. The van der Waals surface area contributed by atoms with Gasteiger partial charge in [-0.25, -0.2) is 4.79 Å². The highest BCUT2D eigenvalue weighted by Gasteiger charge is 2.47. The van der Waals surface area contributed by atoms with Crippen molar-refractivity contribution in [2.45, 2.75) is 78.9 Å². The molecule has 4 nitrogen and oxygen atoms in total. The zero-order chi connectivity index (χ0) is 15.6. The lowest BCUT2D eigenvalue weighted by atomic mass is 9.92. The van der Waals surface area contributed by atoms with Gasteiger partial charge in [0.1, 0.15) is 5.60 Å². The predicted octanol–water partition coefficient (Wildman–Crippen LogP) is 3.69. The number of alkyl carbamates (subject to hydrolysis) is 1. The van der Waals surface area contributed by atoms with E-state index in [-0.39, 0.29) is 11.2 Å². The molecule has 0 spiro atoms. The van der Waals surface area contributed by atoms with Crippen LogP contribution in [-0.4, -0.2) is 23.5 Å². The van der Waals surface area contributed by atoms with Crippen molar-refractivity contribution in [2.75, 3.05) is 0 Å². The second-order valence-electron chi connectivity index (χ2n) is 7.59. The second-order valence-corrected chi connectivity index (χ2v) is 7.59. The van der Waals surface area contributed by atoms with Crippen LogP contribution < -0.4 is 5.32 Å². The first-order valence-corrected chi connectivity index (χ1v) is 7.57. The molecule has 0 heterocycles. The van der Waals surface area contributed by atoms with Crippen LogP contribution in [0.25, 0.3) is 0 Å². The van der Waals surface area contributed by atoms with Gasteiger partial charge in [0.25, 0.3) is 0 Å². The largest absolute Gasteiger partial charge is 0.444 e. The molecule has 1 aliphatic rings. The van der Waals surface area contributed by atoms with Crippen molar-refractivity contribution in [1.82, 2.24) is 5.32 Å². The minimum atomic E-state index is -0.542. The van der Waals surface area contributed by atoms with E-state index in [4.69, 9.17) is 4.74 Å². The van der Waals surface area contributed by atoms with Crippen LogP contribution in [0.2, 0.25) is 0 Å². The summed E-state index contributed by atoms with van der Waals surface area (Å²) < 4.78 is 5.26. The third-order valence-corrected chi connectivity index (χ3v) is 3.64. The number of amides is 1. The first kappa shape index (κ1) is 17.0. The molecular formula is C16H29NO3. The standard InChI is InChI=1S/C16H29NO3/c1-11(2)7-8-12(13(18)16(6)9-10-16)17-14(19)20-15(3,4)5/h11-12H,7-10H2,1-6H3,(H,17,19)/t12-/m0/s1. The van der Waals surface area contributed by atoms with E-state index in [0.29, 0.717) is 12.3 Å². The lowest BCUT2D eigenvalue weighted by molar-refractivity contribution is -0.126. The van der Waals surface area contributed by atoms with E-state index in [2.05, 4.69) is 19.2 Å². The minimum Gasteiger partial charge on any atom is -0.444 e. The van der Waals surface area contributed by atoms with Gasteiger partial charge in [0.15, 0.2) is 5.78 Å². The van der Waals surface area contributed by atoms with Crippen LogP contribution in [0.15, 0.2) is 0 Å². The van der Waals surface area contributed by atoms with E-state index in [1.54, 1.807) is 0 Å². The summed E-state index contributed by atoms with van der Waals surface area (Å²) in [4.78, 5) is 24.4. The van der Waals surface area contributed by atoms with E-state index in [0.717, 1.165) is 19.3 Å². The molecule has 0 unspecified atom stereocenters. The highest BCUT2D eigenvalue weighted by molar-refractivity contribution is 5.93. The predicted molar refractivity (Wildman–Crippen MR) is 79.6 cm³/mol. The van der Waals surface area contributed by atoms with Gasteiger partial charge in [-0.05, 0) is 52.4 Å². The zero-order valence-electron chi connectivity index (χ0n) is 13.7. The Hall–Kier alpha value is -1.06. The quantitative estimate of drug-likeness (QED) is 0.809. The Bertz CT molecular complexity index is 364.